The number of imide groups is 1. The Morgan fingerprint density at radius 3 is 2.62 bits per heavy atom. The second-order valence-electron chi connectivity index (χ2n) is 7.52. The zero-order chi connectivity index (χ0) is 17.5. The van der Waals surface area contributed by atoms with Gasteiger partial charge in [0.2, 0.25) is 11.8 Å². The van der Waals surface area contributed by atoms with E-state index < -0.39 is 6.04 Å². The minimum absolute atomic E-state index is 0.0909. The number of hydrogen-bond donors (Lipinski definition) is 1. The largest absolute Gasteiger partial charge is 0.322 e. The van der Waals surface area contributed by atoms with Gasteiger partial charge in [-0.15, -0.1) is 0 Å². The van der Waals surface area contributed by atoms with Crippen LogP contribution in [0.3, 0.4) is 0 Å². The van der Waals surface area contributed by atoms with Crippen molar-refractivity contribution in [1.29, 1.82) is 0 Å². The van der Waals surface area contributed by atoms with Gasteiger partial charge in [-0.3, -0.25) is 19.7 Å². The molecule has 1 aromatic rings. The van der Waals surface area contributed by atoms with E-state index in [4.69, 9.17) is 0 Å². The third kappa shape index (κ3) is 3.25. The highest BCUT2D eigenvalue weighted by Gasteiger charge is 2.38. The van der Waals surface area contributed by atoms with E-state index in [1.807, 2.05) is 18.2 Å². The van der Waals surface area contributed by atoms with Gasteiger partial charge in [0.15, 0.2) is 0 Å². The Balaban J connectivity index is 1.81. The lowest BCUT2D eigenvalue weighted by molar-refractivity contribution is -0.136. The summed E-state index contributed by atoms with van der Waals surface area (Å²) in [4.78, 5) is 37.5. The van der Waals surface area contributed by atoms with Gasteiger partial charge in [-0.05, 0) is 35.1 Å². The molecule has 3 amide bonds. The fraction of sp³-hybridized carbons (Fsp3) is 0.421. The van der Waals surface area contributed by atoms with E-state index in [1.165, 1.54) is 0 Å². The molecule has 2 aliphatic heterocycles. The number of rotatable bonds is 2. The van der Waals surface area contributed by atoms with E-state index in [0.29, 0.717) is 18.5 Å². The Bertz CT molecular complexity index is 743. The molecule has 1 aromatic carbocycles. The van der Waals surface area contributed by atoms with Gasteiger partial charge in [-0.25, -0.2) is 0 Å². The van der Waals surface area contributed by atoms with E-state index in [9.17, 15) is 14.4 Å². The summed E-state index contributed by atoms with van der Waals surface area (Å²) in [5.74, 6) is -0.777. The third-order valence-corrected chi connectivity index (χ3v) is 4.32. The van der Waals surface area contributed by atoms with Crippen molar-refractivity contribution in [2.75, 3.05) is 0 Å². The lowest BCUT2D eigenvalue weighted by Crippen LogP contribution is -2.52. The molecule has 126 valence electrons. The van der Waals surface area contributed by atoms with Gasteiger partial charge in [0, 0.05) is 18.5 Å². The Kier molecular flexibility index (Phi) is 4.03. The summed E-state index contributed by atoms with van der Waals surface area (Å²) in [5.41, 5.74) is 2.71. The number of nitrogens with zero attached hydrogens (tertiary/aromatic N) is 1. The molecule has 0 aromatic heterocycles. The molecule has 0 saturated carbocycles. The van der Waals surface area contributed by atoms with Gasteiger partial charge in [0.25, 0.3) is 5.91 Å². The molecular weight excluding hydrogens is 304 g/mol. The summed E-state index contributed by atoms with van der Waals surface area (Å²) in [6.45, 7) is 6.80. The standard InChI is InChI=1S/C19H22N2O3/c1-19(2,3)9-8-12-4-5-14-13(10-12)11-21(18(14)24)15-6-7-16(22)20-17(15)23/h4-5,8-10,15H,6-7,11H2,1-3H3,(H,20,22,23). The molecule has 1 N–H and O–H groups in total. The van der Waals surface area contributed by atoms with Crippen LogP contribution in [0.15, 0.2) is 24.3 Å². The summed E-state index contributed by atoms with van der Waals surface area (Å²) in [6, 6.07) is 5.19. The molecular formula is C19H22N2O3. The summed E-state index contributed by atoms with van der Waals surface area (Å²) < 4.78 is 0. The Labute approximate surface area is 141 Å². The van der Waals surface area contributed by atoms with Crippen molar-refractivity contribution in [3.8, 4) is 0 Å². The number of benzene rings is 1. The first kappa shape index (κ1) is 16.4. The van der Waals surface area contributed by atoms with Gasteiger partial charge in [0.1, 0.15) is 6.04 Å². The van der Waals surface area contributed by atoms with Crippen molar-refractivity contribution >= 4 is 23.8 Å². The maximum atomic E-state index is 12.6. The molecule has 2 aliphatic rings. The quantitative estimate of drug-likeness (QED) is 0.849. The van der Waals surface area contributed by atoms with Gasteiger partial charge >= 0.3 is 0 Å². The van der Waals surface area contributed by atoms with Gasteiger partial charge in [0.05, 0.1) is 0 Å². The molecule has 0 aliphatic carbocycles. The van der Waals surface area contributed by atoms with Crippen LogP contribution in [0.1, 0.15) is 55.1 Å². The number of nitrogens with one attached hydrogen (secondary N) is 1. The van der Waals surface area contributed by atoms with Crippen molar-refractivity contribution in [2.24, 2.45) is 5.41 Å². The minimum atomic E-state index is -0.559. The summed E-state index contributed by atoms with van der Waals surface area (Å²) in [6.07, 6.45) is 4.85. The van der Waals surface area contributed by atoms with Crippen molar-refractivity contribution in [3.05, 3.63) is 41.0 Å². The number of carbonyl (C=O) groups is 3. The highest BCUT2D eigenvalue weighted by atomic mass is 16.2. The molecule has 2 heterocycles. The van der Waals surface area contributed by atoms with E-state index >= 15 is 0 Å². The van der Waals surface area contributed by atoms with Gasteiger partial charge in [-0.2, -0.15) is 0 Å². The smallest absolute Gasteiger partial charge is 0.255 e. The number of hydrogen-bond acceptors (Lipinski definition) is 3. The van der Waals surface area contributed by atoms with E-state index in [1.54, 1.807) is 4.90 Å². The van der Waals surface area contributed by atoms with Gasteiger partial charge in [-0.1, -0.05) is 39.0 Å². The van der Waals surface area contributed by atoms with Gasteiger partial charge < -0.3 is 4.90 Å². The first-order valence-corrected chi connectivity index (χ1v) is 8.21. The molecule has 0 spiro atoms. The molecule has 1 atom stereocenters. The van der Waals surface area contributed by atoms with Crippen LogP contribution in [0.25, 0.3) is 6.08 Å². The fourth-order valence-electron chi connectivity index (χ4n) is 3.04. The molecule has 1 saturated heterocycles. The zero-order valence-electron chi connectivity index (χ0n) is 14.3. The molecule has 0 bridgehead atoms. The second kappa shape index (κ2) is 5.89. The molecule has 0 radical (unpaired) electrons. The molecule has 5 heteroatoms. The summed E-state index contributed by atoms with van der Waals surface area (Å²) in [5, 5.41) is 2.32. The van der Waals surface area contributed by atoms with Crippen molar-refractivity contribution < 1.29 is 14.4 Å². The highest BCUT2D eigenvalue weighted by Crippen LogP contribution is 2.29. The van der Waals surface area contributed by atoms with Crippen LogP contribution in [0.4, 0.5) is 0 Å². The monoisotopic (exact) mass is 326 g/mol. The van der Waals surface area contributed by atoms with Crippen LogP contribution in [0, 0.1) is 5.41 Å². The Morgan fingerprint density at radius 1 is 1.21 bits per heavy atom. The number of amides is 3. The molecule has 1 unspecified atom stereocenters. The fourth-order valence-corrected chi connectivity index (χ4v) is 3.04. The van der Waals surface area contributed by atoms with Crippen LogP contribution in [0.5, 0.6) is 0 Å². The molecule has 1 fully saturated rings. The molecule has 5 nitrogen and oxygen atoms in total. The topological polar surface area (TPSA) is 66.5 Å². The Hall–Kier alpha value is -2.43. The predicted molar refractivity (Wildman–Crippen MR) is 91.0 cm³/mol. The average Bonchev–Trinajstić information content (AvgIpc) is 2.81. The number of fused-ring (bicyclic) bond motifs is 1. The predicted octanol–water partition coefficient (Wildman–Crippen LogP) is 2.51. The Morgan fingerprint density at radius 2 is 1.96 bits per heavy atom. The second-order valence-corrected chi connectivity index (χ2v) is 7.52. The van der Waals surface area contributed by atoms with Crippen LogP contribution in [-0.4, -0.2) is 28.7 Å². The minimum Gasteiger partial charge on any atom is -0.322 e. The van der Waals surface area contributed by atoms with Crippen LogP contribution >= 0.6 is 0 Å². The lowest BCUT2D eigenvalue weighted by Gasteiger charge is -2.29. The van der Waals surface area contributed by atoms with E-state index in [-0.39, 0.29) is 29.6 Å². The maximum absolute atomic E-state index is 12.6. The first-order chi connectivity index (χ1) is 11.2. The zero-order valence-corrected chi connectivity index (χ0v) is 14.3. The maximum Gasteiger partial charge on any atom is 0.255 e. The first-order valence-electron chi connectivity index (χ1n) is 8.21. The third-order valence-electron chi connectivity index (χ3n) is 4.32. The highest BCUT2D eigenvalue weighted by molar-refractivity contribution is 6.05. The van der Waals surface area contributed by atoms with Crippen LogP contribution in [0.2, 0.25) is 0 Å². The normalized spacial score (nSPS) is 21.4. The van der Waals surface area contributed by atoms with Crippen LogP contribution < -0.4 is 5.32 Å². The van der Waals surface area contributed by atoms with Crippen molar-refractivity contribution in [3.63, 3.8) is 0 Å². The lowest BCUT2D eigenvalue weighted by atomic mass is 9.95. The number of piperidine rings is 1. The number of allylic oxidation sites excluding steroid dienone is 1. The molecule has 3 rings (SSSR count). The number of carbonyl (C=O) groups excluding carboxylic acids is 3. The van der Waals surface area contributed by atoms with E-state index in [2.05, 4.69) is 38.2 Å². The average molecular weight is 326 g/mol. The SMILES string of the molecule is CC(C)(C)C=Cc1ccc2c(c1)CN(C1CCC(=O)NC1=O)C2=O. The van der Waals surface area contributed by atoms with Crippen molar-refractivity contribution in [2.45, 2.75) is 46.2 Å². The summed E-state index contributed by atoms with van der Waals surface area (Å²) in [7, 11) is 0. The van der Waals surface area contributed by atoms with Crippen molar-refractivity contribution in [1.82, 2.24) is 10.2 Å². The molecule has 24 heavy (non-hydrogen) atoms. The van der Waals surface area contributed by atoms with Crippen LogP contribution in [-0.2, 0) is 16.1 Å². The summed E-state index contributed by atoms with van der Waals surface area (Å²) >= 11 is 0. The van der Waals surface area contributed by atoms with E-state index in [0.717, 1.165) is 11.1 Å².